The van der Waals surface area contributed by atoms with Crippen LogP contribution in [0.15, 0.2) is 18.2 Å². The van der Waals surface area contributed by atoms with E-state index in [1.807, 2.05) is 13.0 Å². The first-order valence-electron chi connectivity index (χ1n) is 7.08. The number of nitrogens with zero attached hydrogens (tertiary/aromatic N) is 1. The molecule has 0 heterocycles. The summed E-state index contributed by atoms with van der Waals surface area (Å²) < 4.78 is 5.51. The molecular weight excluding hydrogens is 256 g/mol. The first kappa shape index (κ1) is 14.6. The molecule has 1 aromatic carbocycles. The van der Waals surface area contributed by atoms with Crippen molar-refractivity contribution in [3.63, 3.8) is 0 Å². The Balaban J connectivity index is 2.06. The molecule has 0 aliphatic heterocycles. The van der Waals surface area contributed by atoms with Gasteiger partial charge in [0.1, 0.15) is 5.75 Å². The SMILES string of the molecule is CCCOc1cc(NCC2CC2(C)C)cc([N+](=O)[O-])c1. The third kappa shape index (κ3) is 3.62. The quantitative estimate of drug-likeness (QED) is 0.608. The largest absolute Gasteiger partial charge is 0.493 e. The second-order valence-corrected chi connectivity index (χ2v) is 6.09. The third-order valence-electron chi connectivity index (χ3n) is 3.85. The number of hydrogen-bond acceptors (Lipinski definition) is 4. The van der Waals surface area contributed by atoms with Crippen molar-refractivity contribution in [2.45, 2.75) is 33.6 Å². The van der Waals surface area contributed by atoms with Crippen LogP contribution in [0.5, 0.6) is 5.75 Å². The molecule has 1 N–H and O–H groups in total. The van der Waals surface area contributed by atoms with Crippen LogP contribution in [-0.2, 0) is 0 Å². The molecule has 1 saturated carbocycles. The van der Waals surface area contributed by atoms with E-state index in [1.54, 1.807) is 6.07 Å². The molecule has 0 bridgehead atoms. The molecule has 0 amide bonds. The molecule has 1 aliphatic rings. The highest BCUT2D eigenvalue weighted by atomic mass is 16.6. The smallest absolute Gasteiger partial charge is 0.275 e. The van der Waals surface area contributed by atoms with Crippen LogP contribution in [0.1, 0.15) is 33.6 Å². The Labute approximate surface area is 119 Å². The van der Waals surface area contributed by atoms with Crippen LogP contribution in [0.3, 0.4) is 0 Å². The highest BCUT2D eigenvalue weighted by molar-refractivity contribution is 5.56. The fourth-order valence-corrected chi connectivity index (χ4v) is 2.26. The van der Waals surface area contributed by atoms with Gasteiger partial charge in [-0.1, -0.05) is 20.8 Å². The Hall–Kier alpha value is -1.78. The van der Waals surface area contributed by atoms with Gasteiger partial charge >= 0.3 is 0 Å². The van der Waals surface area contributed by atoms with Gasteiger partial charge in [-0.15, -0.1) is 0 Å². The standard InChI is InChI=1S/C15H22N2O3/c1-4-5-20-14-7-12(6-13(8-14)17(18)19)16-10-11-9-15(11,2)3/h6-8,11,16H,4-5,9-10H2,1-3H3. The molecular formula is C15H22N2O3. The lowest BCUT2D eigenvalue weighted by molar-refractivity contribution is -0.384. The summed E-state index contributed by atoms with van der Waals surface area (Å²) in [5, 5.41) is 14.2. The minimum atomic E-state index is -0.384. The molecule has 1 aliphatic carbocycles. The van der Waals surface area contributed by atoms with Gasteiger partial charge in [0.2, 0.25) is 0 Å². The lowest BCUT2D eigenvalue weighted by Crippen LogP contribution is -2.08. The van der Waals surface area contributed by atoms with E-state index in [0.29, 0.717) is 23.7 Å². The van der Waals surface area contributed by atoms with Crippen molar-refractivity contribution in [1.29, 1.82) is 0 Å². The van der Waals surface area contributed by atoms with Crippen LogP contribution in [0.2, 0.25) is 0 Å². The van der Waals surface area contributed by atoms with Crippen LogP contribution >= 0.6 is 0 Å². The summed E-state index contributed by atoms with van der Waals surface area (Å²) >= 11 is 0. The average molecular weight is 278 g/mol. The van der Waals surface area contributed by atoms with Gasteiger partial charge in [0, 0.05) is 24.4 Å². The lowest BCUT2D eigenvalue weighted by atomic mass is 10.1. The molecule has 2 rings (SSSR count). The highest BCUT2D eigenvalue weighted by Crippen LogP contribution is 2.51. The Kier molecular flexibility index (Phi) is 4.16. The molecule has 1 unspecified atom stereocenters. The minimum absolute atomic E-state index is 0.0659. The summed E-state index contributed by atoms with van der Waals surface area (Å²) in [7, 11) is 0. The second-order valence-electron chi connectivity index (χ2n) is 6.09. The Morgan fingerprint density at radius 2 is 2.15 bits per heavy atom. The maximum Gasteiger partial charge on any atom is 0.275 e. The van der Waals surface area contributed by atoms with Crippen LogP contribution in [0.25, 0.3) is 0 Å². The summed E-state index contributed by atoms with van der Waals surface area (Å²) in [6.45, 7) is 7.90. The van der Waals surface area contributed by atoms with E-state index in [0.717, 1.165) is 18.7 Å². The summed E-state index contributed by atoms with van der Waals surface area (Å²) in [5.41, 5.74) is 1.22. The number of ether oxygens (including phenoxy) is 1. The van der Waals surface area contributed by atoms with Crippen molar-refractivity contribution in [2.75, 3.05) is 18.5 Å². The second kappa shape index (κ2) is 5.69. The summed E-state index contributed by atoms with van der Waals surface area (Å²) in [6.07, 6.45) is 2.08. The van der Waals surface area contributed by atoms with Gasteiger partial charge in [0.15, 0.2) is 0 Å². The monoisotopic (exact) mass is 278 g/mol. The van der Waals surface area contributed by atoms with Crippen molar-refractivity contribution in [2.24, 2.45) is 11.3 Å². The zero-order chi connectivity index (χ0) is 14.8. The van der Waals surface area contributed by atoms with Gasteiger partial charge in [0.25, 0.3) is 5.69 Å². The van der Waals surface area contributed by atoms with E-state index >= 15 is 0 Å². The number of non-ortho nitro benzene ring substituents is 1. The number of nitro groups is 1. The number of nitro benzene ring substituents is 1. The van der Waals surface area contributed by atoms with Gasteiger partial charge in [-0.2, -0.15) is 0 Å². The van der Waals surface area contributed by atoms with Gasteiger partial charge in [-0.05, 0) is 24.2 Å². The van der Waals surface area contributed by atoms with Gasteiger partial charge in [-0.25, -0.2) is 0 Å². The molecule has 5 nitrogen and oxygen atoms in total. The molecule has 1 fully saturated rings. The number of nitrogens with one attached hydrogen (secondary N) is 1. The van der Waals surface area contributed by atoms with Crippen LogP contribution in [-0.4, -0.2) is 18.1 Å². The maximum absolute atomic E-state index is 11.0. The highest BCUT2D eigenvalue weighted by Gasteiger charge is 2.44. The summed E-state index contributed by atoms with van der Waals surface area (Å²) in [4.78, 5) is 10.6. The summed E-state index contributed by atoms with van der Waals surface area (Å²) in [5.74, 6) is 1.19. The third-order valence-corrected chi connectivity index (χ3v) is 3.85. The lowest BCUT2D eigenvalue weighted by Gasteiger charge is -2.10. The summed E-state index contributed by atoms with van der Waals surface area (Å²) in [6, 6.07) is 4.87. The predicted octanol–water partition coefficient (Wildman–Crippen LogP) is 3.84. The Morgan fingerprint density at radius 1 is 1.45 bits per heavy atom. The number of anilines is 1. The molecule has 1 atom stereocenters. The maximum atomic E-state index is 11.0. The van der Waals surface area contributed by atoms with E-state index in [9.17, 15) is 10.1 Å². The fraction of sp³-hybridized carbons (Fsp3) is 0.600. The van der Waals surface area contributed by atoms with Gasteiger partial charge < -0.3 is 10.1 Å². The molecule has 0 saturated heterocycles. The van der Waals surface area contributed by atoms with Crippen LogP contribution in [0.4, 0.5) is 11.4 Å². The zero-order valence-corrected chi connectivity index (χ0v) is 12.3. The number of rotatable bonds is 7. The van der Waals surface area contributed by atoms with E-state index in [-0.39, 0.29) is 10.6 Å². The number of benzene rings is 1. The molecule has 110 valence electrons. The first-order chi connectivity index (χ1) is 9.42. The average Bonchev–Trinajstić information content (AvgIpc) is 3.01. The van der Waals surface area contributed by atoms with Crippen molar-refractivity contribution in [3.8, 4) is 5.75 Å². The van der Waals surface area contributed by atoms with Crippen molar-refractivity contribution < 1.29 is 9.66 Å². The first-order valence-corrected chi connectivity index (χ1v) is 7.08. The van der Waals surface area contributed by atoms with E-state index in [2.05, 4.69) is 19.2 Å². The molecule has 5 heteroatoms. The molecule has 20 heavy (non-hydrogen) atoms. The van der Waals surface area contributed by atoms with E-state index in [4.69, 9.17) is 4.74 Å². The van der Waals surface area contributed by atoms with Gasteiger partial charge in [-0.3, -0.25) is 10.1 Å². The van der Waals surface area contributed by atoms with E-state index in [1.165, 1.54) is 12.5 Å². The van der Waals surface area contributed by atoms with Crippen LogP contribution in [0, 0.1) is 21.4 Å². The molecule has 0 radical (unpaired) electrons. The Bertz CT molecular complexity index is 500. The van der Waals surface area contributed by atoms with E-state index < -0.39 is 0 Å². The van der Waals surface area contributed by atoms with Crippen molar-refractivity contribution in [1.82, 2.24) is 0 Å². The zero-order valence-electron chi connectivity index (χ0n) is 12.3. The normalized spacial score (nSPS) is 19.4. The molecule has 1 aromatic rings. The number of hydrogen-bond donors (Lipinski definition) is 1. The Morgan fingerprint density at radius 3 is 2.70 bits per heavy atom. The van der Waals surface area contributed by atoms with Crippen molar-refractivity contribution >= 4 is 11.4 Å². The fourth-order valence-electron chi connectivity index (χ4n) is 2.26. The van der Waals surface area contributed by atoms with Crippen LogP contribution < -0.4 is 10.1 Å². The van der Waals surface area contributed by atoms with Crippen molar-refractivity contribution in [3.05, 3.63) is 28.3 Å². The van der Waals surface area contributed by atoms with Gasteiger partial charge in [0.05, 0.1) is 17.6 Å². The minimum Gasteiger partial charge on any atom is -0.493 e. The molecule has 0 aromatic heterocycles. The molecule has 0 spiro atoms. The predicted molar refractivity (Wildman–Crippen MR) is 79.3 cm³/mol. The topological polar surface area (TPSA) is 64.4 Å².